The number of halogens is 2. The van der Waals surface area contributed by atoms with E-state index >= 15 is 0 Å². The first kappa shape index (κ1) is 18.5. The average molecular weight is 368 g/mol. The highest BCUT2D eigenvalue weighted by Gasteiger charge is 2.14. The molecule has 0 radical (unpaired) electrons. The summed E-state index contributed by atoms with van der Waals surface area (Å²) in [5.41, 5.74) is 0.487. The van der Waals surface area contributed by atoms with E-state index < -0.39 is 17.5 Å². The first-order chi connectivity index (χ1) is 13.0. The van der Waals surface area contributed by atoms with Crippen LogP contribution >= 0.6 is 0 Å². The molecule has 0 aliphatic carbocycles. The van der Waals surface area contributed by atoms with Gasteiger partial charge in [-0.05, 0) is 35.0 Å². The van der Waals surface area contributed by atoms with E-state index in [1.165, 1.54) is 4.90 Å². The lowest BCUT2D eigenvalue weighted by molar-refractivity contribution is -0.118. The van der Waals surface area contributed by atoms with Gasteiger partial charge in [-0.2, -0.15) is 0 Å². The number of hydrogen-bond acceptors (Lipinski definition) is 2. The summed E-state index contributed by atoms with van der Waals surface area (Å²) in [5.74, 6) is -2.57. The Hall–Kier alpha value is -3.28. The average Bonchev–Trinajstić information content (AvgIpc) is 2.66. The van der Waals surface area contributed by atoms with Crippen LogP contribution in [-0.4, -0.2) is 25.4 Å². The van der Waals surface area contributed by atoms with E-state index in [-0.39, 0.29) is 24.4 Å². The smallest absolute Gasteiger partial charge is 0.254 e. The van der Waals surface area contributed by atoms with Crippen molar-refractivity contribution in [3.8, 4) is 0 Å². The molecule has 0 saturated carbocycles. The maximum Gasteiger partial charge on any atom is 0.254 e. The first-order valence-electron chi connectivity index (χ1n) is 8.44. The molecule has 3 aromatic rings. The minimum Gasteiger partial charge on any atom is -0.351 e. The molecule has 0 bridgehead atoms. The molecule has 0 fully saturated rings. The molecule has 0 heterocycles. The zero-order valence-electron chi connectivity index (χ0n) is 14.7. The fourth-order valence-corrected chi connectivity index (χ4v) is 2.75. The third-order valence-electron chi connectivity index (χ3n) is 4.29. The van der Waals surface area contributed by atoms with Crippen LogP contribution in [0.25, 0.3) is 10.8 Å². The quantitative estimate of drug-likeness (QED) is 0.743. The van der Waals surface area contributed by atoms with E-state index in [0.717, 1.165) is 28.6 Å². The van der Waals surface area contributed by atoms with Crippen molar-refractivity contribution in [2.45, 2.75) is 6.42 Å². The summed E-state index contributed by atoms with van der Waals surface area (Å²) in [6, 6.07) is 16.3. The monoisotopic (exact) mass is 368 g/mol. The third-order valence-corrected chi connectivity index (χ3v) is 4.29. The summed E-state index contributed by atoms with van der Waals surface area (Å²) in [6.45, 7) is 0.0480. The Kier molecular flexibility index (Phi) is 5.45. The molecule has 4 nitrogen and oxygen atoms in total. The molecule has 0 unspecified atom stereocenters. The summed E-state index contributed by atoms with van der Waals surface area (Å²) in [6.07, 6.45) is 0.0535. The lowest BCUT2D eigenvalue weighted by atomic mass is 10.1. The van der Waals surface area contributed by atoms with Gasteiger partial charge in [0.1, 0.15) is 11.6 Å². The van der Waals surface area contributed by atoms with E-state index in [9.17, 15) is 18.4 Å². The highest BCUT2D eigenvalue weighted by Crippen LogP contribution is 2.21. The van der Waals surface area contributed by atoms with E-state index in [1.807, 2.05) is 42.5 Å². The number of fused-ring (bicyclic) bond motifs is 1. The molecule has 6 heteroatoms. The van der Waals surface area contributed by atoms with Crippen LogP contribution in [0, 0.1) is 11.6 Å². The third kappa shape index (κ3) is 4.28. The molecule has 1 N–H and O–H groups in total. The number of carbonyl (C=O) groups excluding carboxylic acids is 2. The highest BCUT2D eigenvalue weighted by molar-refractivity contribution is 5.97. The topological polar surface area (TPSA) is 49.4 Å². The van der Waals surface area contributed by atoms with Crippen LogP contribution in [0.3, 0.4) is 0 Å². The second-order valence-electron chi connectivity index (χ2n) is 6.11. The number of amides is 2. The predicted molar refractivity (Wildman–Crippen MR) is 101 cm³/mol. The Morgan fingerprint density at radius 1 is 0.963 bits per heavy atom. The van der Waals surface area contributed by atoms with Gasteiger partial charge in [-0.25, -0.2) is 8.78 Å². The number of rotatable bonds is 5. The number of nitrogens with zero attached hydrogens (tertiary/aromatic N) is 1. The van der Waals surface area contributed by atoms with Crippen LogP contribution in [0.5, 0.6) is 0 Å². The van der Waals surface area contributed by atoms with Crippen molar-refractivity contribution < 1.29 is 18.4 Å². The molecule has 0 aliphatic rings. The van der Waals surface area contributed by atoms with Crippen LogP contribution in [0.2, 0.25) is 0 Å². The normalized spacial score (nSPS) is 10.6. The number of anilines is 1. The Labute approximate surface area is 155 Å². The zero-order valence-corrected chi connectivity index (χ0v) is 14.7. The standard InChI is InChI=1S/C21H18F2N2O2/c1-25(17-8-6-14-4-2-3-5-15(14)12-17)20(26)10-11-24-21(27)18-9-7-16(22)13-19(18)23/h2-9,12-13H,10-11H2,1H3,(H,24,27). The van der Waals surface area contributed by atoms with Crippen molar-refractivity contribution in [2.75, 3.05) is 18.5 Å². The number of benzene rings is 3. The summed E-state index contributed by atoms with van der Waals surface area (Å²) < 4.78 is 26.5. The predicted octanol–water partition coefficient (Wildman–Crippen LogP) is 3.90. The van der Waals surface area contributed by atoms with Crippen LogP contribution < -0.4 is 10.2 Å². The molecular weight excluding hydrogens is 350 g/mol. The van der Waals surface area contributed by atoms with Gasteiger partial charge in [0.05, 0.1) is 5.56 Å². The fourth-order valence-electron chi connectivity index (χ4n) is 2.75. The Morgan fingerprint density at radius 3 is 2.44 bits per heavy atom. The summed E-state index contributed by atoms with van der Waals surface area (Å²) in [7, 11) is 1.66. The van der Waals surface area contributed by atoms with Crippen LogP contribution in [0.4, 0.5) is 14.5 Å². The number of nitrogens with one attached hydrogen (secondary N) is 1. The van der Waals surface area contributed by atoms with E-state index in [4.69, 9.17) is 0 Å². The Bertz CT molecular complexity index is 1000. The van der Waals surface area contributed by atoms with Crippen LogP contribution in [0.1, 0.15) is 16.8 Å². The van der Waals surface area contributed by atoms with Gasteiger partial charge >= 0.3 is 0 Å². The second kappa shape index (κ2) is 7.95. The molecule has 0 aromatic heterocycles. The van der Waals surface area contributed by atoms with Gasteiger partial charge in [0.25, 0.3) is 5.91 Å². The molecule has 3 aromatic carbocycles. The fraction of sp³-hybridized carbons (Fsp3) is 0.143. The first-order valence-corrected chi connectivity index (χ1v) is 8.44. The summed E-state index contributed by atoms with van der Waals surface area (Å²) >= 11 is 0. The van der Waals surface area contributed by atoms with Gasteiger partial charge in [-0.1, -0.05) is 30.3 Å². The number of carbonyl (C=O) groups is 2. The SMILES string of the molecule is CN(C(=O)CCNC(=O)c1ccc(F)cc1F)c1ccc2ccccc2c1. The van der Waals surface area contributed by atoms with E-state index in [2.05, 4.69) is 5.32 Å². The Morgan fingerprint density at radius 2 is 1.70 bits per heavy atom. The van der Waals surface area contributed by atoms with Gasteiger partial charge in [-0.3, -0.25) is 9.59 Å². The van der Waals surface area contributed by atoms with E-state index in [0.29, 0.717) is 6.07 Å². The van der Waals surface area contributed by atoms with Gasteiger partial charge in [0.2, 0.25) is 5.91 Å². The molecule has 27 heavy (non-hydrogen) atoms. The molecule has 138 valence electrons. The minimum atomic E-state index is -0.938. The zero-order chi connectivity index (χ0) is 19.4. The van der Waals surface area contributed by atoms with Crippen molar-refractivity contribution in [1.29, 1.82) is 0 Å². The van der Waals surface area contributed by atoms with Gasteiger partial charge in [0.15, 0.2) is 0 Å². The van der Waals surface area contributed by atoms with Gasteiger partial charge in [-0.15, -0.1) is 0 Å². The van der Waals surface area contributed by atoms with Crippen molar-refractivity contribution in [1.82, 2.24) is 5.32 Å². The van der Waals surface area contributed by atoms with E-state index in [1.54, 1.807) is 7.05 Å². The molecule has 0 atom stereocenters. The molecule has 2 amide bonds. The molecular formula is C21H18F2N2O2. The van der Waals surface area contributed by atoms with Gasteiger partial charge < -0.3 is 10.2 Å². The molecule has 3 rings (SSSR count). The lowest BCUT2D eigenvalue weighted by Crippen LogP contribution is -2.32. The van der Waals surface area contributed by atoms with Crippen molar-refractivity contribution in [3.05, 3.63) is 77.9 Å². The summed E-state index contributed by atoms with van der Waals surface area (Å²) in [5, 5.41) is 4.58. The lowest BCUT2D eigenvalue weighted by Gasteiger charge is -2.18. The van der Waals surface area contributed by atoms with Crippen molar-refractivity contribution >= 4 is 28.3 Å². The minimum absolute atomic E-state index is 0.0480. The maximum atomic E-state index is 13.6. The van der Waals surface area contributed by atoms with Crippen LogP contribution in [-0.2, 0) is 4.79 Å². The molecule has 0 spiro atoms. The summed E-state index contributed by atoms with van der Waals surface area (Å²) in [4.78, 5) is 25.8. The number of hydrogen-bond donors (Lipinski definition) is 1. The van der Waals surface area contributed by atoms with Crippen molar-refractivity contribution in [3.63, 3.8) is 0 Å². The largest absolute Gasteiger partial charge is 0.351 e. The molecule has 0 aliphatic heterocycles. The second-order valence-corrected chi connectivity index (χ2v) is 6.11. The van der Waals surface area contributed by atoms with Crippen LogP contribution in [0.15, 0.2) is 60.7 Å². The maximum absolute atomic E-state index is 13.6. The molecule has 0 saturated heterocycles. The highest BCUT2D eigenvalue weighted by atomic mass is 19.1. The van der Waals surface area contributed by atoms with Crippen molar-refractivity contribution in [2.24, 2.45) is 0 Å². The Balaban J connectivity index is 1.58. The van der Waals surface area contributed by atoms with Gasteiger partial charge in [0, 0.05) is 31.8 Å².